The average molecular weight is 273 g/mol. The second-order valence-electron chi connectivity index (χ2n) is 3.97. The third-order valence-electron chi connectivity index (χ3n) is 2.65. The summed E-state index contributed by atoms with van der Waals surface area (Å²) in [6.07, 6.45) is 1.72. The predicted octanol–water partition coefficient (Wildman–Crippen LogP) is 2.86. The average Bonchev–Trinajstić information content (AvgIpc) is 2.86. The number of hydrogen-bond acceptors (Lipinski definition) is 3. The molecule has 3 aromatic rings. The number of carbonyl (C=O) groups excluding carboxylic acids is 1. The van der Waals surface area contributed by atoms with Crippen LogP contribution in [0.5, 0.6) is 0 Å². The van der Waals surface area contributed by atoms with Crippen molar-refractivity contribution in [2.75, 3.05) is 5.32 Å². The van der Waals surface area contributed by atoms with Gasteiger partial charge in [-0.15, -0.1) is 0 Å². The second-order valence-corrected chi connectivity index (χ2v) is 4.36. The first-order valence-corrected chi connectivity index (χ1v) is 5.97. The molecule has 0 saturated carbocycles. The highest BCUT2D eigenvalue weighted by Gasteiger charge is 2.08. The van der Waals surface area contributed by atoms with Gasteiger partial charge in [0.05, 0.1) is 11.7 Å². The number of fused-ring (bicyclic) bond motifs is 1. The molecule has 0 atom stereocenters. The van der Waals surface area contributed by atoms with E-state index in [1.165, 1.54) is 0 Å². The molecule has 0 saturated heterocycles. The van der Waals surface area contributed by atoms with Crippen LogP contribution in [0.1, 0.15) is 10.5 Å². The first-order valence-electron chi connectivity index (χ1n) is 5.59. The van der Waals surface area contributed by atoms with Gasteiger partial charge in [0.1, 0.15) is 10.8 Å². The number of amides is 1. The quantitative estimate of drug-likeness (QED) is 0.705. The van der Waals surface area contributed by atoms with Crippen LogP contribution in [0.3, 0.4) is 0 Å². The molecule has 3 rings (SSSR count). The normalized spacial score (nSPS) is 10.6. The molecule has 6 heteroatoms. The lowest BCUT2D eigenvalue weighted by Crippen LogP contribution is -2.13. The third-order valence-corrected chi connectivity index (χ3v) is 2.86. The zero-order valence-corrected chi connectivity index (χ0v) is 10.5. The van der Waals surface area contributed by atoms with Crippen LogP contribution in [0.25, 0.3) is 10.9 Å². The van der Waals surface area contributed by atoms with Gasteiger partial charge in [-0.1, -0.05) is 17.7 Å². The largest absolute Gasteiger partial charge is 0.321 e. The fourth-order valence-electron chi connectivity index (χ4n) is 1.74. The molecule has 0 spiro atoms. The van der Waals surface area contributed by atoms with Crippen molar-refractivity contribution in [2.24, 2.45) is 0 Å². The van der Waals surface area contributed by atoms with Crippen molar-refractivity contribution in [1.29, 1.82) is 0 Å². The maximum absolute atomic E-state index is 12.0. The Balaban J connectivity index is 1.86. The van der Waals surface area contributed by atoms with E-state index in [1.807, 2.05) is 12.1 Å². The van der Waals surface area contributed by atoms with Gasteiger partial charge in [-0.05, 0) is 30.3 Å². The Kier molecular flexibility index (Phi) is 2.89. The molecule has 0 radical (unpaired) electrons. The van der Waals surface area contributed by atoms with Crippen molar-refractivity contribution < 1.29 is 4.79 Å². The summed E-state index contributed by atoms with van der Waals surface area (Å²) in [6, 6.07) is 10.4. The van der Waals surface area contributed by atoms with Crippen molar-refractivity contribution >= 4 is 34.1 Å². The van der Waals surface area contributed by atoms with Crippen molar-refractivity contribution in [2.45, 2.75) is 0 Å². The van der Waals surface area contributed by atoms with E-state index in [0.717, 1.165) is 10.9 Å². The minimum absolute atomic E-state index is 0.275. The van der Waals surface area contributed by atoms with Gasteiger partial charge in [0.2, 0.25) is 0 Å². The Bertz CT molecular complexity index is 753. The van der Waals surface area contributed by atoms with E-state index in [4.69, 9.17) is 11.6 Å². The number of aromatic nitrogens is 3. The lowest BCUT2D eigenvalue weighted by Gasteiger charge is -2.04. The predicted molar refractivity (Wildman–Crippen MR) is 73.3 cm³/mol. The number of nitrogens with one attached hydrogen (secondary N) is 2. The lowest BCUT2D eigenvalue weighted by molar-refractivity contribution is 0.102. The molecule has 2 aromatic heterocycles. The first kappa shape index (κ1) is 11.7. The topological polar surface area (TPSA) is 70.7 Å². The SMILES string of the molecule is O=C(Nc1ccc2cn[nH]c2c1)c1cccc(Cl)n1. The highest BCUT2D eigenvalue weighted by Crippen LogP contribution is 2.17. The molecule has 0 bridgehead atoms. The number of nitrogens with zero attached hydrogens (tertiary/aromatic N) is 2. The smallest absolute Gasteiger partial charge is 0.274 e. The fourth-order valence-corrected chi connectivity index (χ4v) is 1.91. The van der Waals surface area contributed by atoms with Crippen LogP contribution < -0.4 is 5.32 Å². The number of benzene rings is 1. The summed E-state index contributed by atoms with van der Waals surface area (Å²) >= 11 is 5.75. The van der Waals surface area contributed by atoms with Gasteiger partial charge < -0.3 is 5.32 Å². The van der Waals surface area contributed by atoms with E-state index in [9.17, 15) is 4.79 Å². The van der Waals surface area contributed by atoms with Gasteiger partial charge in [0.25, 0.3) is 5.91 Å². The van der Waals surface area contributed by atoms with Gasteiger partial charge in [-0.25, -0.2) is 4.98 Å². The summed E-state index contributed by atoms with van der Waals surface area (Å²) < 4.78 is 0. The van der Waals surface area contributed by atoms with Crippen LogP contribution in [0.15, 0.2) is 42.6 Å². The number of anilines is 1. The maximum atomic E-state index is 12.0. The molecule has 2 N–H and O–H groups in total. The summed E-state index contributed by atoms with van der Waals surface area (Å²) in [4.78, 5) is 15.9. The summed E-state index contributed by atoms with van der Waals surface area (Å²) in [5.41, 5.74) is 1.80. The number of aromatic amines is 1. The molecule has 19 heavy (non-hydrogen) atoms. The monoisotopic (exact) mass is 272 g/mol. The van der Waals surface area contributed by atoms with Crippen LogP contribution in [0, 0.1) is 0 Å². The van der Waals surface area contributed by atoms with E-state index in [0.29, 0.717) is 5.69 Å². The number of hydrogen-bond donors (Lipinski definition) is 2. The van der Waals surface area contributed by atoms with Gasteiger partial charge in [-0.3, -0.25) is 9.89 Å². The number of halogens is 1. The highest BCUT2D eigenvalue weighted by atomic mass is 35.5. The van der Waals surface area contributed by atoms with Gasteiger partial charge in [0, 0.05) is 11.1 Å². The first-order chi connectivity index (χ1) is 9.22. The van der Waals surface area contributed by atoms with Crippen LogP contribution in [0.2, 0.25) is 5.15 Å². The summed E-state index contributed by atoms with van der Waals surface area (Å²) in [5, 5.41) is 10.8. The molecule has 1 aromatic carbocycles. The summed E-state index contributed by atoms with van der Waals surface area (Å²) in [5.74, 6) is -0.304. The van der Waals surface area contributed by atoms with Crippen LogP contribution in [0.4, 0.5) is 5.69 Å². The van der Waals surface area contributed by atoms with E-state index in [-0.39, 0.29) is 16.8 Å². The molecule has 94 valence electrons. The Morgan fingerprint density at radius 1 is 1.26 bits per heavy atom. The van der Waals surface area contributed by atoms with Crippen LogP contribution in [-0.4, -0.2) is 21.1 Å². The number of carbonyl (C=O) groups is 1. The molecule has 0 fully saturated rings. The standard InChI is InChI=1S/C13H9ClN4O/c14-12-3-1-2-10(17-12)13(19)16-9-5-4-8-7-15-18-11(8)6-9/h1-7H,(H,15,18)(H,16,19). The minimum atomic E-state index is -0.304. The zero-order valence-electron chi connectivity index (χ0n) is 9.72. The van der Waals surface area contributed by atoms with Crippen molar-refractivity contribution in [3.63, 3.8) is 0 Å². The second kappa shape index (κ2) is 4.70. The Hall–Kier alpha value is -2.40. The fraction of sp³-hybridized carbons (Fsp3) is 0. The number of rotatable bonds is 2. The minimum Gasteiger partial charge on any atom is -0.321 e. The molecule has 0 aliphatic carbocycles. The Labute approximate surface area is 113 Å². The van der Waals surface area contributed by atoms with E-state index >= 15 is 0 Å². The zero-order chi connectivity index (χ0) is 13.2. The van der Waals surface area contributed by atoms with Crippen LogP contribution in [-0.2, 0) is 0 Å². The maximum Gasteiger partial charge on any atom is 0.274 e. The Morgan fingerprint density at radius 2 is 2.16 bits per heavy atom. The Morgan fingerprint density at radius 3 is 3.00 bits per heavy atom. The number of H-pyrrole nitrogens is 1. The van der Waals surface area contributed by atoms with Crippen molar-refractivity contribution in [3.8, 4) is 0 Å². The molecular weight excluding hydrogens is 264 g/mol. The van der Waals surface area contributed by atoms with Crippen molar-refractivity contribution in [1.82, 2.24) is 15.2 Å². The summed E-state index contributed by atoms with van der Waals surface area (Å²) in [7, 11) is 0. The molecule has 0 unspecified atom stereocenters. The van der Waals surface area contributed by atoms with Gasteiger partial charge >= 0.3 is 0 Å². The molecule has 2 heterocycles. The highest BCUT2D eigenvalue weighted by molar-refractivity contribution is 6.29. The van der Waals surface area contributed by atoms with Gasteiger partial charge in [0.15, 0.2) is 0 Å². The molecule has 0 aliphatic heterocycles. The molecular formula is C13H9ClN4O. The van der Waals surface area contributed by atoms with E-state index in [1.54, 1.807) is 30.5 Å². The summed E-state index contributed by atoms with van der Waals surface area (Å²) in [6.45, 7) is 0. The van der Waals surface area contributed by atoms with Crippen molar-refractivity contribution in [3.05, 3.63) is 53.4 Å². The molecule has 0 aliphatic rings. The molecule has 5 nitrogen and oxygen atoms in total. The number of pyridine rings is 1. The van der Waals surface area contributed by atoms with E-state index < -0.39 is 0 Å². The van der Waals surface area contributed by atoms with Crippen LogP contribution >= 0.6 is 11.6 Å². The third kappa shape index (κ3) is 2.41. The lowest BCUT2D eigenvalue weighted by atomic mass is 10.2. The van der Waals surface area contributed by atoms with Gasteiger partial charge in [-0.2, -0.15) is 5.10 Å². The van der Waals surface area contributed by atoms with E-state index in [2.05, 4.69) is 20.5 Å². The molecule has 1 amide bonds.